The van der Waals surface area contributed by atoms with Crippen LogP contribution in [0.2, 0.25) is 5.02 Å². The maximum Gasteiger partial charge on any atom is 0.256 e. The van der Waals surface area contributed by atoms with Crippen molar-refractivity contribution in [1.29, 1.82) is 0 Å². The van der Waals surface area contributed by atoms with Crippen LogP contribution < -0.4 is 10.6 Å². The molecule has 5 rings (SSSR count). The molecular formula is C22H20ClN3OS. The van der Waals surface area contributed by atoms with Crippen molar-refractivity contribution < 1.29 is 4.79 Å². The number of hydrogen-bond donors (Lipinski definition) is 2. The highest BCUT2D eigenvalue weighted by Gasteiger charge is 2.33. The summed E-state index contributed by atoms with van der Waals surface area (Å²) in [5.74, 6) is 0.00716. The number of fused-ring (bicyclic) bond motifs is 3. The molecule has 2 aliphatic heterocycles. The second-order valence-electron chi connectivity index (χ2n) is 7.26. The van der Waals surface area contributed by atoms with Crippen LogP contribution in [0.1, 0.15) is 38.1 Å². The fourth-order valence-electron chi connectivity index (χ4n) is 4.00. The van der Waals surface area contributed by atoms with Crippen LogP contribution in [0.3, 0.4) is 0 Å². The van der Waals surface area contributed by atoms with Gasteiger partial charge in [-0.05, 0) is 35.2 Å². The van der Waals surface area contributed by atoms with Gasteiger partial charge in [0.05, 0.1) is 5.56 Å². The van der Waals surface area contributed by atoms with Crippen LogP contribution in [0.25, 0.3) is 0 Å². The Morgan fingerprint density at radius 2 is 1.96 bits per heavy atom. The molecule has 3 heterocycles. The summed E-state index contributed by atoms with van der Waals surface area (Å²) in [6, 6.07) is 18.2. The molecule has 0 radical (unpaired) electrons. The summed E-state index contributed by atoms with van der Waals surface area (Å²) < 4.78 is 0. The van der Waals surface area contributed by atoms with E-state index in [4.69, 9.17) is 11.6 Å². The molecule has 1 atom stereocenters. The zero-order chi connectivity index (χ0) is 19.1. The Morgan fingerprint density at radius 3 is 2.79 bits per heavy atom. The molecule has 142 valence electrons. The highest BCUT2D eigenvalue weighted by Crippen LogP contribution is 2.41. The molecule has 2 aromatic carbocycles. The van der Waals surface area contributed by atoms with Crippen LogP contribution in [-0.2, 0) is 19.5 Å². The number of anilines is 1. The molecule has 2 N–H and O–H groups in total. The number of carbonyl (C=O) groups excluding carboxylic acids is 1. The van der Waals surface area contributed by atoms with Crippen LogP contribution in [0.4, 0.5) is 5.00 Å². The lowest BCUT2D eigenvalue weighted by molar-refractivity contribution is 0.0934. The lowest BCUT2D eigenvalue weighted by Gasteiger charge is -2.28. The van der Waals surface area contributed by atoms with Crippen molar-refractivity contribution in [1.82, 2.24) is 10.2 Å². The molecule has 0 spiro atoms. The average molecular weight is 410 g/mol. The average Bonchev–Trinajstić information content (AvgIpc) is 3.07. The summed E-state index contributed by atoms with van der Waals surface area (Å²) >= 11 is 7.83. The number of benzene rings is 2. The molecule has 0 unspecified atom stereocenters. The Labute approximate surface area is 173 Å². The highest BCUT2D eigenvalue weighted by atomic mass is 35.5. The zero-order valence-electron chi connectivity index (χ0n) is 15.2. The summed E-state index contributed by atoms with van der Waals surface area (Å²) in [5.41, 5.74) is 4.32. The van der Waals surface area contributed by atoms with Crippen molar-refractivity contribution in [2.24, 2.45) is 0 Å². The van der Waals surface area contributed by atoms with Crippen LogP contribution in [0, 0.1) is 0 Å². The SMILES string of the molecule is O=C1N[C@@H](c2cccc(Cl)c2)Nc2sc3c(c21)CCN(Cc1ccccc1)C3. The summed E-state index contributed by atoms with van der Waals surface area (Å²) in [4.78, 5) is 16.6. The fourth-order valence-corrected chi connectivity index (χ4v) is 5.51. The second-order valence-corrected chi connectivity index (χ2v) is 8.80. The van der Waals surface area contributed by atoms with Gasteiger partial charge in [-0.2, -0.15) is 0 Å². The Balaban J connectivity index is 1.39. The molecule has 0 bridgehead atoms. The lowest BCUT2D eigenvalue weighted by atomic mass is 10.00. The van der Waals surface area contributed by atoms with Gasteiger partial charge in [-0.25, -0.2) is 0 Å². The highest BCUT2D eigenvalue weighted by molar-refractivity contribution is 7.16. The van der Waals surface area contributed by atoms with Crippen molar-refractivity contribution in [3.8, 4) is 0 Å². The third-order valence-electron chi connectivity index (χ3n) is 5.34. The fraction of sp³-hybridized carbons (Fsp3) is 0.227. The van der Waals surface area contributed by atoms with E-state index in [1.165, 1.54) is 16.0 Å². The third-order valence-corrected chi connectivity index (χ3v) is 6.73. The number of halogens is 1. The minimum Gasteiger partial charge on any atom is -0.353 e. The molecule has 0 saturated heterocycles. The molecule has 6 heteroatoms. The van der Waals surface area contributed by atoms with E-state index in [0.29, 0.717) is 5.02 Å². The van der Waals surface area contributed by atoms with E-state index in [1.54, 1.807) is 11.3 Å². The Bertz CT molecular complexity index is 1030. The molecule has 1 amide bonds. The predicted molar refractivity (Wildman–Crippen MR) is 114 cm³/mol. The first kappa shape index (κ1) is 17.7. The molecule has 0 saturated carbocycles. The van der Waals surface area contributed by atoms with Gasteiger partial charge >= 0.3 is 0 Å². The summed E-state index contributed by atoms with van der Waals surface area (Å²) in [6.45, 7) is 2.79. The smallest absolute Gasteiger partial charge is 0.256 e. The maximum absolute atomic E-state index is 12.9. The normalized spacial score (nSPS) is 18.8. The largest absolute Gasteiger partial charge is 0.353 e. The number of thiophene rings is 1. The first-order valence-corrected chi connectivity index (χ1v) is 10.6. The lowest BCUT2D eigenvalue weighted by Crippen LogP contribution is -2.38. The van der Waals surface area contributed by atoms with Crippen molar-refractivity contribution in [3.63, 3.8) is 0 Å². The zero-order valence-corrected chi connectivity index (χ0v) is 16.8. The Kier molecular flexibility index (Phi) is 4.59. The van der Waals surface area contributed by atoms with Crippen LogP contribution >= 0.6 is 22.9 Å². The molecule has 0 fully saturated rings. The van der Waals surface area contributed by atoms with E-state index in [9.17, 15) is 4.79 Å². The Morgan fingerprint density at radius 1 is 1.11 bits per heavy atom. The van der Waals surface area contributed by atoms with Gasteiger partial charge in [0.1, 0.15) is 11.2 Å². The van der Waals surface area contributed by atoms with Gasteiger partial charge in [0.15, 0.2) is 0 Å². The summed E-state index contributed by atoms with van der Waals surface area (Å²) in [7, 11) is 0. The second kappa shape index (κ2) is 7.24. The van der Waals surface area contributed by atoms with Crippen molar-refractivity contribution in [3.05, 3.63) is 86.8 Å². The maximum atomic E-state index is 12.9. The third kappa shape index (κ3) is 3.30. The molecule has 4 nitrogen and oxygen atoms in total. The van der Waals surface area contributed by atoms with Gasteiger partial charge in [-0.15, -0.1) is 11.3 Å². The minimum absolute atomic E-state index is 0.00716. The van der Waals surface area contributed by atoms with Crippen molar-refractivity contribution >= 4 is 33.8 Å². The Hall–Kier alpha value is -2.34. The summed E-state index contributed by atoms with van der Waals surface area (Å²) in [5, 5.41) is 8.23. The van der Waals surface area contributed by atoms with Gasteiger partial charge < -0.3 is 10.6 Å². The molecule has 28 heavy (non-hydrogen) atoms. The summed E-state index contributed by atoms with van der Waals surface area (Å²) in [6.07, 6.45) is 0.657. The molecule has 3 aromatic rings. The van der Waals surface area contributed by atoms with E-state index >= 15 is 0 Å². The first-order valence-electron chi connectivity index (χ1n) is 9.41. The monoisotopic (exact) mass is 409 g/mol. The van der Waals surface area contributed by atoms with Gasteiger partial charge in [0, 0.05) is 29.5 Å². The molecule has 0 aliphatic carbocycles. The number of nitrogens with one attached hydrogen (secondary N) is 2. The van der Waals surface area contributed by atoms with Crippen LogP contribution in [-0.4, -0.2) is 17.4 Å². The van der Waals surface area contributed by atoms with Gasteiger partial charge in [-0.1, -0.05) is 54.1 Å². The molecule has 1 aromatic heterocycles. The number of amides is 1. The quantitative estimate of drug-likeness (QED) is 0.652. The van der Waals surface area contributed by atoms with E-state index in [1.807, 2.05) is 30.3 Å². The van der Waals surface area contributed by atoms with E-state index in [2.05, 4.69) is 39.8 Å². The van der Waals surface area contributed by atoms with Gasteiger partial charge in [0.25, 0.3) is 5.91 Å². The number of carbonyl (C=O) groups is 1. The number of rotatable bonds is 3. The van der Waals surface area contributed by atoms with Crippen molar-refractivity contribution in [2.75, 3.05) is 11.9 Å². The van der Waals surface area contributed by atoms with Crippen LogP contribution in [0.5, 0.6) is 0 Å². The van der Waals surface area contributed by atoms with E-state index in [-0.39, 0.29) is 12.1 Å². The van der Waals surface area contributed by atoms with Crippen molar-refractivity contribution in [2.45, 2.75) is 25.7 Å². The standard InChI is InChI=1S/C22H20ClN3OS/c23-16-8-4-7-15(11-16)20-24-21(27)19-17-9-10-26(12-14-5-2-1-3-6-14)13-18(17)28-22(19)25-20/h1-8,11,20,25H,9-10,12-13H2,(H,24,27)/t20-/m1/s1. The molecule has 2 aliphatic rings. The van der Waals surface area contributed by atoms with Gasteiger partial charge in [-0.3, -0.25) is 9.69 Å². The molecular weight excluding hydrogens is 390 g/mol. The topological polar surface area (TPSA) is 44.4 Å². The van der Waals surface area contributed by atoms with E-state index < -0.39 is 0 Å². The van der Waals surface area contributed by atoms with Crippen LogP contribution in [0.15, 0.2) is 54.6 Å². The number of hydrogen-bond acceptors (Lipinski definition) is 4. The predicted octanol–water partition coefficient (Wildman–Crippen LogP) is 4.81. The number of nitrogens with zero attached hydrogens (tertiary/aromatic N) is 1. The first-order chi connectivity index (χ1) is 13.7. The van der Waals surface area contributed by atoms with E-state index in [0.717, 1.165) is 42.2 Å². The van der Waals surface area contributed by atoms with Gasteiger partial charge in [0.2, 0.25) is 0 Å². The minimum atomic E-state index is -0.251.